The highest BCUT2D eigenvalue weighted by Gasteiger charge is 2.47. The molecule has 4 bridgehead atoms. The molecule has 4 aliphatic rings. The fourth-order valence-corrected chi connectivity index (χ4v) is 7.74. The van der Waals surface area contributed by atoms with Crippen molar-refractivity contribution in [3.8, 4) is 0 Å². The number of nitrogens with one attached hydrogen (secondary N) is 1. The van der Waals surface area contributed by atoms with Crippen LogP contribution < -0.4 is 5.32 Å². The van der Waals surface area contributed by atoms with Gasteiger partial charge in [-0.3, -0.25) is 0 Å². The highest BCUT2D eigenvalue weighted by molar-refractivity contribution is 5.57. The minimum atomic E-state index is -0.276. The summed E-state index contributed by atoms with van der Waals surface area (Å²) in [6.07, 6.45) is 13.3. The molecule has 36 heavy (non-hydrogen) atoms. The summed E-state index contributed by atoms with van der Waals surface area (Å²) >= 11 is 0. The van der Waals surface area contributed by atoms with E-state index >= 15 is 0 Å². The summed E-state index contributed by atoms with van der Waals surface area (Å²) in [5.74, 6) is 3.96. The van der Waals surface area contributed by atoms with E-state index < -0.39 is 0 Å². The molecule has 188 valence electrons. The average molecular weight is 484 g/mol. The molecule has 0 spiro atoms. The standard InChI is InChI=1S/C30H37N5O/c1-20-27-9-3-6-12-35(27)33-28(20)30(26-19-25-8-2-5-11-34(25)32-26)36-13-7-4-10-31-29-23-15-21-14-22(17-23)18-24(29)16-21/h2-3,5-6,8-9,11-12,19,21-24,29-31H,4,7,10,13-18H2,1H3. The van der Waals surface area contributed by atoms with Gasteiger partial charge in [-0.1, -0.05) is 12.1 Å². The number of hydrogen-bond donors (Lipinski definition) is 1. The molecule has 8 rings (SSSR count). The van der Waals surface area contributed by atoms with E-state index in [1.165, 1.54) is 32.1 Å². The quantitative estimate of drug-likeness (QED) is 0.315. The van der Waals surface area contributed by atoms with Crippen molar-refractivity contribution < 1.29 is 4.74 Å². The summed E-state index contributed by atoms with van der Waals surface area (Å²) in [4.78, 5) is 0. The van der Waals surface area contributed by atoms with Gasteiger partial charge in [0, 0.05) is 30.6 Å². The van der Waals surface area contributed by atoms with E-state index in [9.17, 15) is 0 Å². The summed E-state index contributed by atoms with van der Waals surface area (Å²) < 4.78 is 10.4. The van der Waals surface area contributed by atoms with Gasteiger partial charge in [0.1, 0.15) is 11.8 Å². The van der Waals surface area contributed by atoms with Crippen molar-refractivity contribution in [2.45, 2.75) is 64.0 Å². The number of nitrogens with zero attached hydrogens (tertiary/aromatic N) is 4. The van der Waals surface area contributed by atoms with Crippen LogP contribution in [0, 0.1) is 30.6 Å². The first-order valence-electron chi connectivity index (χ1n) is 14.0. The van der Waals surface area contributed by atoms with Crippen LogP contribution in [-0.2, 0) is 4.74 Å². The first kappa shape index (κ1) is 22.5. The SMILES string of the molecule is Cc1c(C(OCCCCNC2C3CC4CC(C3)CC2C4)c2cc3ccccn3n2)nn2ccccc12. The Balaban J connectivity index is 1.02. The Kier molecular flexibility index (Phi) is 5.82. The third-order valence-corrected chi connectivity index (χ3v) is 9.19. The van der Waals surface area contributed by atoms with Crippen molar-refractivity contribution >= 4 is 11.0 Å². The molecule has 0 radical (unpaired) electrons. The van der Waals surface area contributed by atoms with Gasteiger partial charge in [-0.2, -0.15) is 10.2 Å². The predicted octanol–water partition coefficient (Wildman–Crippen LogP) is 5.59. The number of ether oxygens (including phenoxy) is 1. The predicted molar refractivity (Wildman–Crippen MR) is 141 cm³/mol. The maximum Gasteiger partial charge on any atom is 0.145 e. The molecule has 4 aromatic heterocycles. The molecule has 1 atom stereocenters. The minimum absolute atomic E-state index is 0.276. The maximum atomic E-state index is 6.56. The largest absolute Gasteiger partial charge is 0.365 e. The molecule has 6 heteroatoms. The Morgan fingerprint density at radius 1 is 0.917 bits per heavy atom. The number of unbranched alkanes of at least 4 members (excludes halogenated alkanes) is 1. The monoisotopic (exact) mass is 483 g/mol. The molecular formula is C30H37N5O. The molecular weight excluding hydrogens is 446 g/mol. The van der Waals surface area contributed by atoms with Gasteiger partial charge >= 0.3 is 0 Å². The van der Waals surface area contributed by atoms with Crippen LogP contribution in [0.25, 0.3) is 11.0 Å². The summed E-state index contributed by atoms with van der Waals surface area (Å²) in [6, 6.07) is 15.2. The Hall–Kier alpha value is -2.70. The summed E-state index contributed by atoms with van der Waals surface area (Å²) in [5, 5.41) is 13.7. The summed E-state index contributed by atoms with van der Waals surface area (Å²) in [5.41, 5.74) is 5.21. The van der Waals surface area contributed by atoms with Gasteiger partial charge in [-0.05, 0) is 112 Å². The van der Waals surface area contributed by atoms with Crippen molar-refractivity contribution in [2.24, 2.45) is 23.7 Å². The number of aryl methyl sites for hydroxylation is 1. The van der Waals surface area contributed by atoms with Gasteiger partial charge in [-0.15, -0.1) is 0 Å². The molecule has 0 aromatic carbocycles. The van der Waals surface area contributed by atoms with E-state index in [1.54, 1.807) is 0 Å². The normalized spacial score (nSPS) is 27.9. The molecule has 4 heterocycles. The van der Waals surface area contributed by atoms with Gasteiger partial charge in [0.15, 0.2) is 0 Å². The van der Waals surface area contributed by atoms with E-state index in [4.69, 9.17) is 14.9 Å². The lowest BCUT2D eigenvalue weighted by molar-refractivity contribution is -0.0138. The molecule has 1 N–H and O–H groups in total. The van der Waals surface area contributed by atoms with E-state index in [0.717, 1.165) is 77.1 Å². The van der Waals surface area contributed by atoms with Crippen molar-refractivity contribution in [3.63, 3.8) is 0 Å². The highest BCUT2D eigenvalue weighted by atomic mass is 16.5. The molecule has 4 saturated carbocycles. The van der Waals surface area contributed by atoms with Crippen molar-refractivity contribution in [1.29, 1.82) is 0 Å². The zero-order valence-corrected chi connectivity index (χ0v) is 21.2. The van der Waals surface area contributed by atoms with Gasteiger partial charge in [0.05, 0.1) is 16.7 Å². The zero-order chi connectivity index (χ0) is 24.1. The van der Waals surface area contributed by atoms with E-state index in [1.807, 2.05) is 39.6 Å². The lowest BCUT2D eigenvalue weighted by Crippen LogP contribution is -2.54. The topological polar surface area (TPSA) is 55.9 Å². The first-order chi connectivity index (χ1) is 17.7. The molecule has 0 aliphatic heterocycles. The van der Waals surface area contributed by atoms with Crippen LogP contribution in [0.1, 0.15) is 68.0 Å². The van der Waals surface area contributed by atoms with E-state index in [-0.39, 0.29) is 6.10 Å². The summed E-state index contributed by atoms with van der Waals surface area (Å²) in [7, 11) is 0. The average Bonchev–Trinajstić information content (AvgIpc) is 3.46. The number of rotatable bonds is 9. The number of aromatic nitrogens is 4. The van der Waals surface area contributed by atoms with E-state index in [0.29, 0.717) is 6.61 Å². The molecule has 0 amide bonds. The van der Waals surface area contributed by atoms with Crippen molar-refractivity contribution in [2.75, 3.05) is 13.2 Å². The second-order valence-corrected chi connectivity index (χ2v) is 11.5. The molecule has 1 unspecified atom stereocenters. The lowest BCUT2D eigenvalue weighted by Gasteiger charge is -2.54. The van der Waals surface area contributed by atoms with Crippen molar-refractivity contribution in [3.05, 3.63) is 71.8 Å². The summed E-state index contributed by atoms with van der Waals surface area (Å²) in [6.45, 7) is 3.94. The van der Waals surface area contributed by atoms with Gasteiger partial charge in [0.2, 0.25) is 0 Å². The van der Waals surface area contributed by atoms with E-state index in [2.05, 4.69) is 36.5 Å². The number of hydrogen-bond acceptors (Lipinski definition) is 4. The van der Waals surface area contributed by atoms with Gasteiger partial charge < -0.3 is 10.1 Å². The van der Waals surface area contributed by atoms with Crippen LogP contribution in [0.5, 0.6) is 0 Å². The fourth-order valence-electron chi connectivity index (χ4n) is 7.74. The van der Waals surface area contributed by atoms with Gasteiger partial charge in [-0.25, -0.2) is 9.03 Å². The smallest absolute Gasteiger partial charge is 0.145 e. The zero-order valence-electron chi connectivity index (χ0n) is 21.2. The van der Waals surface area contributed by atoms with Crippen LogP contribution in [-0.4, -0.2) is 38.4 Å². The van der Waals surface area contributed by atoms with Crippen LogP contribution in [0.2, 0.25) is 0 Å². The fraction of sp³-hybridized carbons (Fsp3) is 0.533. The van der Waals surface area contributed by atoms with Crippen LogP contribution in [0.4, 0.5) is 0 Å². The lowest BCUT2D eigenvalue weighted by atomic mass is 9.54. The number of fused-ring (bicyclic) bond motifs is 2. The first-order valence-corrected chi connectivity index (χ1v) is 14.0. The Morgan fingerprint density at radius 3 is 2.42 bits per heavy atom. The highest BCUT2D eigenvalue weighted by Crippen LogP contribution is 2.53. The maximum absolute atomic E-state index is 6.56. The third-order valence-electron chi connectivity index (χ3n) is 9.19. The minimum Gasteiger partial charge on any atom is -0.365 e. The second-order valence-electron chi connectivity index (χ2n) is 11.5. The third kappa shape index (κ3) is 4.04. The molecule has 0 saturated heterocycles. The molecule has 4 aromatic rings. The Morgan fingerprint density at radius 2 is 1.67 bits per heavy atom. The van der Waals surface area contributed by atoms with Crippen LogP contribution in [0.3, 0.4) is 0 Å². The Bertz CT molecular complexity index is 1290. The van der Waals surface area contributed by atoms with Crippen molar-refractivity contribution in [1.82, 2.24) is 24.5 Å². The van der Waals surface area contributed by atoms with Crippen LogP contribution in [0.15, 0.2) is 54.9 Å². The second kappa shape index (κ2) is 9.31. The van der Waals surface area contributed by atoms with Gasteiger partial charge in [0.25, 0.3) is 0 Å². The Labute approximate surface area is 213 Å². The van der Waals surface area contributed by atoms with Crippen LogP contribution >= 0.6 is 0 Å². The number of pyridine rings is 2. The molecule has 4 fully saturated rings. The molecule has 4 aliphatic carbocycles. The molecule has 6 nitrogen and oxygen atoms in total.